The largest absolute Gasteiger partial charge is 0.497 e. The molecule has 1 aliphatic rings. The maximum atomic E-state index is 13.6. The number of pyridine rings is 1. The lowest BCUT2D eigenvalue weighted by molar-refractivity contribution is -0.130. The Labute approximate surface area is 201 Å². The summed E-state index contributed by atoms with van der Waals surface area (Å²) in [5, 5.41) is 0. The van der Waals surface area contributed by atoms with Crippen LogP contribution in [-0.2, 0) is 4.79 Å². The summed E-state index contributed by atoms with van der Waals surface area (Å²) in [6.45, 7) is 11.2. The number of ether oxygens (including phenoxy) is 1. The highest BCUT2D eigenvalue weighted by Gasteiger charge is 2.22. The zero-order valence-corrected chi connectivity index (χ0v) is 20.6. The van der Waals surface area contributed by atoms with Gasteiger partial charge in [0, 0.05) is 43.9 Å². The second kappa shape index (κ2) is 11.1. The van der Waals surface area contributed by atoms with Gasteiger partial charge in [0.25, 0.3) is 0 Å². The number of hydrogen-bond donors (Lipinski definition) is 0. The minimum absolute atomic E-state index is 0.0352. The molecule has 0 saturated carbocycles. The topological polar surface area (TPSA) is 58.0 Å². The van der Waals surface area contributed by atoms with Crippen LogP contribution in [0, 0.1) is 18.7 Å². The van der Waals surface area contributed by atoms with E-state index in [1.807, 2.05) is 42.8 Å². The van der Waals surface area contributed by atoms with Crippen molar-refractivity contribution in [2.45, 2.75) is 27.2 Å². The molecule has 0 spiro atoms. The lowest BCUT2D eigenvalue weighted by atomic mass is 10.0. The molecule has 7 heteroatoms. The number of rotatable bonds is 7. The van der Waals surface area contributed by atoms with Crippen molar-refractivity contribution in [3.05, 3.63) is 71.8 Å². The number of carbonyl (C=O) groups excluding carboxylic acids is 1. The van der Waals surface area contributed by atoms with Crippen molar-refractivity contribution in [1.82, 2.24) is 14.8 Å². The van der Waals surface area contributed by atoms with E-state index in [2.05, 4.69) is 17.6 Å². The molecule has 3 rings (SSSR count). The van der Waals surface area contributed by atoms with Crippen molar-refractivity contribution in [2.75, 3.05) is 33.8 Å². The van der Waals surface area contributed by atoms with Crippen molar-refractivity contribution in [2.24, 2.45) is 10.9 Å². The normalized spacial score (nSPS) is 14.1. The summed E-state index contributed by atoms with van der Waals surface area (Å²) in [5.74, 6) is 1.39. The van der Waals surface area contributed by atoms with E-state index in [1.165, 1.54) is 6.07 Å². The number of aromatic nitrogens is 1. The molecule has 0 saturated heterocycles. The number of hydrogen-bond acceptors (Lipinski definition) is 4. The number of amides is 1. The van der Waals surface area contributed by atoms with E-state index >= 15 is 0 Å². The Balaban J connectivity index is 1.66. The van der Waals surface area contributed by atoms with Crippen LogP contribution in [0.5, 0.6) is 5.75 Å². The zero-order valence-electron chi connectivity index (χ0n) is 20.6. The van der Waals surface area contributed by atoms with Gasteiger partial charge in [0.15, 0.2) is 0 Å². The molecule has 2 heterocycles. The maximum absolute atomic E-state index is 13.6. The number of methoxy groups -OCH3 is 1. The lowest BCUT2D eigenvalue weighted by Crippen LogP contribution is -2.43. The first kappa shape index (κ1) is 25.1. The fourth-order valence-corrected chi connectivity index (χ4v) is 3.91. The lowest BCUT2D eigenvalue weighted by Gasteiger charge is -2.30. The molecular weight excluding hydrogens is 431 g/mol. The molecule has 0 radical (unpaired) electrons. The minimum atomic E-state index is -0.256. The summed E-state index contributed by atoms with van der Waals surface area (Å²) in [5.41, 5.74) is 3.85. The van der Waals surface area contributed by atoms with Crippen LogP contribution in [-0.4, -0.2) is 60.3 Å². The second-order valence-corrected chi connectivity index (χ2v) is 8.79. The average molecular weight is 465 g/mol. The van der Waals surface area contributed by atoms with Crippen LogP contribution in [0.3, 0.4) is 0 Å². The van der Waals surface area contributed by atoms with Gasteiger partial charge >= 0.3 is 0 Å². The van der Waals surface area contributed by atoms with Gasteiger partial charge in [-0.25, -0.2) is 9.38 Å². The monoisotopic (exact) mass is 464 g/mol. The van der Waals surface area contributed by atoms with Crippen LogP contribution in [0.25, 0.3) is 11.3 Å². The summed E-state index contributed by atoms with van der Waals surface area (Å²) >= 11 is 0. The Morgan fingerprint density at radius 1 is 1.32 bits per heavy atom. The molecule has 1 aromatic carbocycles. The molecule has 2 aromatic rings. The van der Waals surface area contributed by atoms with E-state index in [9.17, 15) is 9.18 Å². The summed E-state index contributed by atoms with van der Waals surface area (Å²) in [7, 11) is 3.50. The highest BCUT2D eigenvalue weighted by Crippen LogP contribution is 2.24. The maximum Gasteiger partial charge on any atom is 0.242 e. The second-order valence-electron chi connectivity index (χ2n) is 8.79. The number of benzene rings is 1. The Morgan fingerprint density at radius 2 is 2.09 bits per heavy atom. The predicted octanol–water partition coefficient (Wildman–Crippen LogP) is 4.81. The van der Waals surface area contributed by atoms with Crippen LogP contribution in [0.4, 0.5) is 4.39 Å². The number of aliphatic imine (C=N–C) groups is 1. The van der Waals surface area contributed by atoms with Gasteiger partial charge < -0.3 is 14.5 Å². The summed E-state index contributed by atoms with van der Waals surface area (Å²) in [4.78, 5) is 25.9. The first-order valence-corrected chi connectivity index (χ1v) is 11.4. The van der Waals surface area contributed by atoms with Crippen LogP contribution in [0.2, 0.25) is 0 Å². The summed E-state index contributed by atoms with van der Waals surface area (Å²) in [6.07, 6.45) is 4.52. The SMILES string of the molecule is C=C(N=C(C(C)C)N(C)CC(=O)N1CC=C(c2cc(OC)ccn2)CC1)c1ccc(F)c(C)c1. The van der Waals surface area contributed by atoms with Gasteiger partial charge in [0.1, 0.15) is 17.4 Å². The van der Waals surface area contributed by atoms with E-state index in [-0.39, 0.29) is 24.2 Å². The third-order valence-corrected chi connectivity index (χ3v) is 5.88. The van der Waals surface area contributed by atoms with Crippen LogP contribution < -0.4 is 4.74 Å². The van der Waals surface area contributed by atoms with Crippen LogP contribution in [0.15, 0.2) is 54.2 Å². The molecule has 1 aromatic heterocycles. The van der Waals surface area contributed by atoms with Crippen molar-refractivity contribution < 1.29 is 13.9 Å². The quantitative estimate of drug-likeness (QED) is 0.436. The van der Waals surface area contributed by atoms with Crippen molar-refractivity contribution in [3.8, 4) is 5.75 Å². The van der Waals surface area contributed by atoms with Crippen molar-refractivity contribution in [1.29, 1.82) is 0 Å². The minimum Gasteiger partial charge on any atom is -0.497 e. The van der Waals surface area contributed by atoms with Gasteiger partial charge in [-0.3, -0.25) is 9.78 Å². The number of carbonyl (C=O) groups is 1. The summed E-state index contributed by atoms with van der Waals surface area (Å²) < 4.78 is 18.9. The first-order valence-electron chi connectivity index (χ1n) is 11.4. The molecule has 0 bridgehead atoms. The van der Waals surface area contributed by atoms with Gasteiger partial charge in [0.2, 0.25) is 5.91 Å². The Kier molecular flexibility index (Phi) is 8.21. The highest BCUT2D eigenvalue weighted by atomic mass is 19.1. The molecule has 6 nitrogen and oxygen atoms in total. The number of halogens is 1. The number of nitrogens with zero attached hydrogens (tertiary/aromatic N) is 4. The first-order chi connectivity index (χ1) is 16.2. The van der Waals surface area contributed by atoms with Gasteiger partial charge in [-0.1, -0.05) is 26.5 Å². The molecule has 0 fully saturated rings. The van der Waals surface area contributed by atoms with E-state index < -0.39 is 0 Å². The Hall–Kier alpha value is -3.48. The van der Waals surface area contributed by atoms with Gasteiger partial charge in [0.05, 0.1) is 25.0 Å². The predicted molar refractivity (Wildman–Crippen MR) is 135 cm³/mol. The molecule has 0 N–H and O–H groups in total. The molecule has 0 atom stereocenters. The molecule has 0 unspecified atom stereocenters. The van der Waals surface area contributed by atoms with E-state index in [0.29, 0.717) is 24.4 Å². The summed E-state index contributed by atoms with van der Waals surface area (Å²) in [6, 6.07) is 8.56. The molecule has 1 aliphatic heterocycles. The van der Waals surface area contributed by atoms with E-state index in [4.69, 9.17) is 9.73 Å². The van der Waals surface area contributed by atoms with Crippen LogP contribution >= 0.6 is 0 Å². The zero-order chi connectivity index (χ0) is 24.8. The molecule has 0 aliphatic carbocycles. The fraction of sp³-hybridized carbons (Fsp3) is 0.370. The number of amidine groups is 1. The molecule has 180 valence electrons. The standard InChI is InChI=1S/C27H33FN4O2/c1-18(2)27(30-20(4)22-7-8-24(28)19(3)15-22)31(5)17-26(33)32-13-10-21(11-14-32)25-16-23(34-6)9-12-29-25/h7-10,12,15-16,18H,4,11,13-14,17H2,1-3,5-6H3. The van der Waals surface area contributed by atoms with Gasteiger partial charge in [-0.15, -0.1) is 0 Å². The Morgan fingerprint density at radius 3 is 2.71 bits per heavy atom. The Bertz CT molecular complexity index is 1120. The molecule has 1 amide bonds. The smallest absolute Gasteiger partial charge is 0.242 e. The third-order valence-electron chi connectivity index (χ3n) is 5.88. The average Bonchev–Trinajstić information content (AvgIpc) is 2.83. The third kappa shape index (κ3) is 6.10. The van der Waals surface area contributed by atoms with E-state index in [0.717, 1.165) is 34.8 Å². The van der Waals surface area contributed by atoms with E-state index in [1.54, 1.807) is 32.4 Å². The molecule has 34 heavy (non-hydrogen) atoms. The van der Waals surface area contributed by atoms with Crippen molar-refractivity contribution in [3.63, 3.8) is 0 Å². The van der Waals surface area contributed by atoms with Crippen LogP contribution in [0.1, 0.15) is 37.1 Å². The fourth-order valence-electron chi connectivity index (χ4n) is 3.91. The molecular formula is C27H33FN4O2. The number of aryl methyl sites for hydroxylation is 1. The number of likely N-dealkylation sites (N-methyl/N-ethyl adjacent to an activating group) is 1. The highest BCUT2D eigenvalue weighted by molar-refractivity contribution is 5.92. The van der Waals surface area contributed by atoms with Crippen molar-refractivity contribution >= 4 is 23.0 Å². The van der Waals surface area contributed by atoms with Gasteiger partial charge in [-0.05, 0) is 48.7 Å². The van der Waals surface area contributed by atoms with Gasteiger partial charge in [-0.2, -0.15) is 0 Å².